The zero-order valence-corrected chi connectivity index (χ0v) is 19.2. The number of morpholine rings is 1. The number of nitrogens with zero attached hydrogens (tertiary/aromatic N) is 3. The van der Waals surface area contributed by atoms with Crippen molar-refractivity contribution >= 4 is 22.2 Å². The normalized spacial score (nSPS) is 17.5. The molecule has 1 N–H and O–H groups in total. The van der Waals surface area contributed by atoms with Gasteiger partial charge in [-0.2, -0.15) is 4.98 Å². The molecule has 1 aliphatic carbocycles. The fourth-order valence-corrected chi connectivity index (χ4v) is 5.06. The molecule has 32 heavy (non-hydrogen) atoms. The van der Waals surface area contributed by atoms with Gasteiger partial charge in [0.1, 0.15) is 6.04 Å². The van der Waals surface area contributed by atoms with Gasteiger partial charge < -0.3 is 19.5 Å². The SMILES string of the molecule is CC(C)C(NC(=O)c1cc(-c2ccccc2)c(N2CCOCC2)s1)c1nc(C2CC2)no1. The van der Waals surface area contributed by atoms with Crippen LogP contribution in [0.2, 0.25) is 0 Å². The highest BCUT2D eigenvalue weighted by Crippen LogP contribution is 2.40. The van der Waals surface area contributed by atoms with Crippen molar-refractivity contribution in [2.24, 2.45) is 5.92 Å². The standard InChI is InChI=1S/C24H28N4O3S/c1-15(2)20(23-26-21(27-31-23)17-8-9-17)25-22(29)19-14-18(16-6-4-3-5-7-16)24(32-19)28-10-12-30-13-11-28/h3-7,14-15,17,20H,8-13H2,1-2H3,(H,25,29). The van der Waals surface area contributed by atoms with Crippen molar-refractivity contribution in [1.82, 2.24) is 15.5 Å². The monoisotopic (exact) mass is 452 g/mol. The van der Waals surface area contributed by atoms with Gasteiger partial charge in [0.2, 0.25) is 5.89 Å². The van der Waals surface area contributed by atoms with E-state index in [2.05, 4.69) is 46.3 Å². The highest BCUT2D eigenvalue weighted by Gasteiger charge is 2.32. The number of nitrogens with one attached hydrogen (secondary N) is 1. The maximum atomic E-state index is 13.3. The lowest BCUT2D eigenvalue weighted by Crippen LogP contribution is -2.36. The molecule has 1 amide bonds. The minimum absolute atomic E-state index is 0.114. The van der Waals surface area contributed by atoms with E-state index in [1.54, 1.807) is 0 Å². The molecule has 1 saturated heterocycles. The van der Waals surface area contributed by atoms with E-state index in [4.69, 9.17) is 9.26 Å². The Hall–Kier alpha value is -2.71. The molecule has 2 aliphatic rings. The second-order valence-corrected chi connectivity index (χ2v) is 9.79. The van der Waals surface area contributed by atoms with Crippen LogP contribution in [0.3, 0.4) is 0 Å². The van der Waals surface area contributed by atoms with E-state index in [0.717, 1.165) is 47.9 Å². The van der Waals surface area contributed by atoms with Gasteiger partial charge in [-0.3, -0.25) is 4.79 Å². The summed E-state index contributed by atoms with van der Waals surface area (Å²) >= 11 is 1.53. The third kappa shape index (κ3) is 4.42. The highest BCUT2D eigenvalue weighted by atomic mass is 32.1. The molecule has 2 aromatic heterocycles. The van der Waals surface area contributed by atoms with E-state index in [1.807, 2.05) is 24.3 Å². The predicted octanol–water partition coefficient (Wildman–Crippen LogP) is 4.64. The van der Waals surface area contributed by atoms with Crippen molar-refractivity contribution in [2.75, 3.05) is 31.2 Å². The Kier molecular flexibility index (Phi) is 5.97. The summed E-state index contributed by atoms with van der Waals surface area (Å²) in [5, 5.41) is 8.39. The minimum atomic E-state index is -0.323. The highest BCUT2D eigenvalue weighted by molar-refractivity contribution is 7.18. The Balaban J connectivity index is 1.42. The van der Waals surface area contributed by atoms with Gasteiger partial charge in [0.05, 0.1) is 23.1 Å². The second-order valence-electron chi connectivity index (χ2n) is 8.76. The van der Waals surface area contributed by atoms with Gasteiger partial charge in [0, 0.05) is 24.6 Å². The molecule has 2 fully saturated rings. The van der Waals surface area contributed by atoms with Crippen molar-refractivity contribution in [2.45, 2.75) is 38.6 Å². The largest absolute Gasteiger partial charge is 0.378 e. The Labute approximate surface area is 191 Å². The van der Waals surface area contributed by atoms with Gasteiger partial charge in [-0.05, 0) is 30.4 Å². The van der Waals surface area contributed by atoms with Gasteiger partial charge in [-0.1, -0.05) is 49.3 Å². The summed E-state index contributed by atoms with van der Waals surface area (Å²) in [4.78, 5) is 20.9. The third-order valence-electron chi connectivity index (χ3n) is 5.94. The summed E-state index contributed by atoms with van der Waals surface area (Å²) in [7, 11) is 0. The van der Waals surface area contributed by atoms with Gasteiger partial charge >= 0.3 is 0 Å². The zero-order chi connectivity index (χ0) is 22.1. The number of aromatic nitrogens is 2. The lowest BCUT2D eigenvalue weighted by Gasteiger charge is -2.28. The Morgan fingerprint density at radius 1 is 1.19 bits per heavy atom. The third-order valence-corrected chi connectivity index (χ3v) is 7.13. The molecule has 1 aromatic carbocycles. The first-order valence-corrected chi connectivity index (χ1v) is 12.1. The molecule has 5 rings (SSSR count). The van der Waals surface area contributed by atoms with Gasteiger partial charge in [-0.25, -0.2) is 0 Å². The number of rotatable bonds is 7. The van der Waals surface area contributed by atoms with Crippen LogP contribution < -0.4 is 10.2 Å². The summed E-state index contributed by atoms with van der Waals surface area (Å²) in [5.41, 5.74) is 2.19. The molecule has 1 atom stereocenters. The molecule has 1 unspecified atom stereocenters. The summed E-state index contributed by atoms with van der Waals surface area (Å²) in [6, 6.07) is 11.9. The van der Waals surface area contributed by atoms with Crippen LogP contribution in [0.25, 0.3) is 11.1 Å². The Bertz CT molecular complexity index is 1070. The number of hydrogen-bond donors (Lipinski definition) is 1. The zero-order valence-electron chi connectivity index (χ0n) is 18.4. The van der Waals surface area contributed by atoms with E-state index < -0.39 is 0 Å². The molecular formula is C24H28N4O3S. The van der Waals surface area contributed by atoms with Crippen LogP contribution >= 0.6 is 11.3 Å². The quantitative estimate of drug-likeness (QED) is 0.563. The first-order valence-electron chi connectivity index (χ1n) is 11.3. The molecule has 1 saturated carbocycles. The van der Waals surface area contributed by atoms with Gasteiger partial charge in [-0.15, -0.1) is 11.3 Å². The molecule has 168 valence electrons. The van der Waals surface area contributed by atoms with Crippen LogP contribution in [0.4, 0.5) is 5.00 Å². The lowest BCUT2D eigenvalue weighted by atomic mass is 10.0. The maximum Gasteiger partial charge on any atom is 0.262 e. The first-order chi connectivity index (χ1) is 15.6. The molecule has 0 bridgehead atoms. The van der Waals surface area contributed by atoms with Crippen molar-refractivity contribution in [3.05, 3.63) is 53.0 Å². The van der Waals surface area contributed by atoms with Crippen LogP contribution in [0.5, 0.6) is 0 Å². The fourth-order valence-electron chi connectivity index (χ4n) is 3.93. The molecule has 1 aliphatic heterocycles. The number of anilines is 1. The number of carbonyl (C=O) groups excluding carboxylic acids is 1. The van der Waals surface area contributed by atoms with Crippen LogP contribution in [0, 0.1) is 5.92 Å². The van der Waals surface area contributed by atoms with Crippen LogP contribution in [0.1, 0.15) is 60.0 Å². The lowest BCUT2D eigenvalue weighted by molar-refractivity contribution is 0.0918. The molecule has 0 spiro atoms. The van der Waals surface area contributed by atoms with E-state index in [9.17, 15) is 4.79 Å². The average Bonchev–Trinajstić information content (AvgIpc) is 3.38. The Morgan fingerprint density at radius 2 is 1.94 bits per heavy atom. The number of thiophene rings is 1. The number of amides is 1. The smallest absolute Gasteiger partial charge is 0.262 e. The van der Waals surface area contributed by atoms with Crippen molar-refractivity contribution in [3.63, 3.8) is 0 Å². The van der Waals surface area contributed by atoms with E-state index in [1.165, 1.54) is 11.3 Å². The minimum Gasteiger partial charge on any atom is -0.378 e. The molecule has 7 nitrogen and oxygen atoms in total. The topological polar surface area (TPSA) is 80.5 Å². The van der Waals surface area contributed by atoms with E-state index in [0.29, 0.717) is 29.9 Å². The summed E-state index contributed by atoms with van der Waals surface area (Å²) in [6.45, 7) is 7.14. The van der Waals surface area contributed by atoms with Crippen LogP contribution in [-0.2, 0) is 4.74 Å². The number of carbonyl (C=O) groups is 1. The Morgan fingerprint density at radius 3 is 2.62 bits per heavy atom. The summed E-state index contributed by atoms with van der Waals surface area (Å²) < 4.78 is 11.1. The molecule has 0 radical (unpaired) electrons. The van der Waals surface area contributed by atoms with E-state index >= 15 is 0 Å². The molecular weight excluding hydrogens is 424 g/mol. The number of ether oxygens (including phenoxy) is 1. The fraction of sp³-hybridized carbons (Fsp3) is 0.458. The van der Waals surface area contributed by atoms with Gasteiger partial charge in [0.25, 0.3) is 5.91 Å². The molecule has 8 heteroatoms. The molecule has 3 heterocycles. The molecule has 3 aromatic rings. The van der Waals surface area contributed by atoms with Crippen molar-refractivity contribution in [1.29, 1.82) is 0 Å². The van der Waals surface area contributed by atoms with Gasteiger partial charge in [0.15, 0.2) is 5.82 Å². The summed E-state index contributed by atoms with van der Waals surface area (Å²) in [5.74, 6) is 1.67. The number of benzene rings is 1. The average molecular weight is 453 g/mol. The van der Waals surface area contributed by atoms with Crippen molar-refractivity contribution < 1.29 is 14.1 Å². The maximum absolute atomic E-state index is 13.3. The predicted molar refractivity (Wildman–Crippen MR) is 124 cm³/mol. The van der Waals surface area contributed by atoms with Crippen molar-refractivity contribution in [3.8, 4) is 11.1 Å². The summed E-state index contributed by atoms with van der Waals surface area (Å²) in [6.07, 6.45) is 2.22. The second kappa shape index (κ2) is 9.03. The van der Waals surface area contributed by atoms with Crippen LogP contribution in [0.15, 0.2) is 40.9 Å². The van der Waals surface area contributed by atoms with E-state index in [-0.39, 0.29) is 17.9 Å². The van der Waals surface area contributed by atoms with Crippen LogP contribution in [-0.4, -0.2) is 42.4 Å². The first kappa shape index (κ1) is 21.2. The number of hydrogen-bond acceptors (Lipinski definition) is 7.